The maximum atomic E-state index is 10.7. The minimum atomic E-state index is -0.633. The molecule has 0 aliphatic heterocycles. The highest BCUT2D eigenvalue weighted by atomic mass is 16.5. The van der Waals surface area contributed by atoms with E-state index < -0.39 is 5.91 Å². The Morgan fingerprint density at radius 2 is 2.25 bits per heavy atom. The number of aromatic nitrogens is 2. The molecule has 5 heteroatoms. The fraction of sp³-hybridized carbons (Fsp3) is 0.286. The molecule has 1 aromatic rings. The van der Waals surface area contributed by atoms with E-state index in [4.69, 9.17) is 10.5 Å². The van der Waals surface area contributed by atoms with Gasteiger partial charge in [-0.2, -0.15) is 0 Å². The quantitative estimate of drug-likeness (QED) is 0.685. The Hall–Kier alpha value is -1.65. The summed E-state index contributed by atoms with van der Waals surface area (Å²) in [5.74, 6) is -0.445. The second-order valence-corrected chi connectivity index (χ2v) is 2.01. The molecule has 0 atom stereocenters. The van der Waals surface area contributed by atoms with Crippen LogP contribution < -0.4 is 10.5 Å². The summed E-state index contributed by atoms with van der Waals surface area (Å²) in [6.45, 7) is 2.22. The summed E-state index contributed by atoms with van der Waals surface area (Å²) in [5, 5.41) is 0. The summed E-state index contributed by atoms with van der Waals surface area (Å²) in [7, 11) is 0. The standard InChI is InChI=1S/C7H9N3O2/c1-2-12-7-5(6(8)11)9-3-4-10-7/h3-4H,2H2,1H3,(H2,8,11). The lowest BCUT2D eigenvalue weighted by Gasteiger charge is -2.03. The van der Waals surface area contributed by atoms with E-state index in [1.807, 2.05) is 0 Å². The van der Waals surface area contributed by atoms with Crippen LogP contribution in [-0.2, 0) is 0 Å². The van der Waals surface area contributed by atoms with Crippen LogP contribution in [0.4, 0.5) is 0 Å². The highest BCUT2D eigenvalue weighted by Gasteiger charge is 2.10. The summed E-state index contributed by atoms with van der Waals surface area (Å²) in [5.41, 5.74) is 5.09. The van der Waals surface area contributed by atoms with E-state index in [1.165, 1.54) is 12.4 Å². The van der Waals surface area contributed by atoms with Crippen LogP contribution in [0.25, 0.3) is 0 Å². The first-order chi connectivity index (χ1) is 5.75. The molecule has 1 amide bonds. The van der Waals surface area contributed by atoms with Gasteiger partial charge in [0.25, 0.3) is 5.91 Å². The molecule has 0 saturated carbocycles. The maximum absolute atomic E-state index is 10.7. The van der Waals surface area contributed by atoms with Crippen LogP contribution in [0.2, 0.25) is 0 Å². The van der Waals surface area contributed by atoms with E-state index in [2.05, 4.69) is 9.97 Å². The van der Waals surface area contributed by atoms with Gasteiger partial charge in [0.1, 0.15) is 0 Å². The Bertz CT molecular complexity index is 288. The van der Waals surface area contributed by atoms with Gasteiger partial charge < -0.3 is 10.5 Å². The number of ether oxygens (including phenoxy) is 1. The number of rotatable bonds is 3. The predicted molar refractivity (Wildman–Crippen MR) is 41.7 cm³/mol. The van der Waals surface area contributed by atoms with Crippen LogP contribution in [0.3, 0.4) is 0 Å². The fourth-order valence-corrected chi connectivity index (χ4v) is 0.737. The van der Waals surface area contributed by atoms with E-state index in [-0.39, 0.29) is 11.6 Å². The van der Waals surface area contributed by atoms with Crippen molar-refractivity contribution in [3.8, 4) is 5.88 Å². The average Bonchev–Trinajstić information content (AvgIpc) is 2.05. The Morgan fingerprint density at radius 3 is 2.83 bits per heavy atom. The van der Waals surface area contributed by atoms with Crippen molar-refractivity contribution in [1.82, 2.24) is 9.97 Å². The van der Waals surface area contributed by atoms with E-state index >= 15 is 0 Å². The summed E-state index contributed by atoms with van der Waals surface area (Å²) < 4.78 is 5.02. The molecular weight excluding hydrogens is 158 g/mol. The van der Waals surface area contributed by atoms with Crippen molar-refractivity contribution < 1.29 is 9.53 Å². The highest BCUT2D eigenvalue weighted by Crippen LogP contribution is 2.09. The van der Waals surface area contributed by atoms with Crippen molar-refractivity contribution in [2.45, 2.75) is 6.92 Å². The molecule has 0 radical (unpaired) electrons. The zero-order valence-corrected chi connectivity index (χ0v) is 6.65. The lowest BCUT2D eigenvalue weighted by molar-refractivity contribution is 0.0990. The second-order valence-electron chi connectivity index (χ2n) is 2.01. The van der Waals surface area contributed by atoms with Crippen LogP contribution in [-0.4, -0.2) is 22.5 Å². The van der Waals surface area contributed by atoms with Crippen LogP contribution in [0, 0.1) is 0 Å². The Morgan fingerprint density at radius 1 is 1.58 bits per heavy atom. The second kappa shape index (κ2) is 3.66. The number of nitrogens with two attached hydrogens (primary N) is 1. The first kappa shape index (κ1) is 8.45. The molecule has 64 valence electrons. The molecule has 2 N–H and O–H groups in total. The summed E-state index contributed by atoms with van der Waals surface area (Å²) in [6, 6.07) is 0. The number of carbonyl (C=O) groups excluding carboxylic acids is 1. The average molecular weight is 167 g/mol. The van der Waals surface area contributed by atoms with E-state index in [0.29, 0.717) is 6.61 Å². The van der Waals surface area contributed by atoms with Gasteiger partial charge in [0.2, 0.25) is 5.88 Å². The summed E-state index contributed by atoms with van der Waals surface area (Å²) >= 11 is 0. The molecule has 0 aliphatic carbocycles. The topological polar surface area (TPSA) is 78.1 Å². The summed E-state index contributed by atoms with van der Waals surface area (Å²) in [4.78, 5) is 18.3. The third kappa shape index (κ3) is 1.69. The fourth-order valence-electron chi connectivity index (χ4n) is 0.737. The molecule has 12 heavy (non-hydrogen) atoms. The third-order valence-electron chi connectivity index (χ3n) is 1.18. The number of hydrogen-bond acceptors (Lipinski definition) is 4. The van der Waals surface area contributed by atoms with Gasteiger partial charge in [0, 0.05) is 12.4 Å². The van der Waals surface area contributed by atoms with Gasteiger partial charge in [-0.1, -0.05) is 0 Å². The van der Waals surface area contributed by atoms with E-state index in [1.54, 1.807) is 6.92 Å². The van der Waals surface area contributed by atoms with E-state index in [9.17, 15) is 4.79 Å². The minimum absolute atomic E-state index is 0.0688. The van der Waals surface area contributed by atoms with Gasteiger partial charge in [-0.15, -0.1) is 0 Å². The van der Waals surface area contributed by atoms with Crippen LogP contribution in [0.15, 0.2) is 12.4 Å². The van der Waals surface area contributed by atoms with Crippen molar-refractivity contribution in [1.29, 1.82) is 0 Å². The van der Waals surface area contributed by atoms with Crippen molar-refractivity contribution in [3.05, 3.63) is 18.1 Å². The zero-order chi connectivity index (χ0) is 8.97. The van der Waals surface area contributed by atoms with Gasteiger partial charge in [-0.25, -0.2) is 9.97 Å². The Balaban J connectivity index is 3.00. The number of primary amides is 1. The van der Waals surface area contributed by atoms with Crippen molar-refractivity contribution in [2.24, 2.45) is 5.73 Å². The molecule has 0 spiro atoms. The molecule has 0 fully saturated rings. The summed E-state index contributed by atoms with van der Waals surface area (Å²) in [6.07, 6.45) is 2.83. The number of carbonyl (C=O) groups is 1. The van der Waals surface area contributed by atoms with Gasteiger partial charge in [-0.3, -0.25) is 4.79 Å². The normalized spacial score (nSPS) is 9.42. The third-order valence-corrected chi connectivity index (χ3v) is 1.18. The molecule has 1 aromatic heterocycles. The first-order valence-electron chi connectivity index (χ1n) is 3.49. The molecule has 0 unspecified atom stereocenters. The number of nitrogens with zero attached hydrogens (tertiary/aromatic N) is 2. The van der Waals surface area contributed by atoms with E-state index in [0.717, 1.165) is 0 Å². The Kier molecular flexibility index (Phi) is 2.57. The molecular formula is C7H9N3O2. The van der Waals surface area contributed by atoms with Crippen LogP contribution in [0.5, 0.6) is 5.88 Å². The largest absolute Gasteiger partial charge is 0.476 e. The molecule has 0 aromatic carbocycles. The van der Waals surface area contributed by atoms with Gasteiger partial charge in [0.05, 0.1) is 6.61 Å². The molecule has 0 aliphatic rings. The minimum Gasteiger partial charge on any atom is -0.476 e. The van der Waals surface area contributed by atoms with Gasteiger partial charge in [0.15, 0.2) is 5.69 Å². The highest BCUT2D eigenvalue weighted by molar-refractivity contribution is 5.92. The smallest absolute Gasteiger partial charge is 0.272 e. The van der Waals surface area contributed by atoms with Crippen molar-refractivity contribution >= 4 is 5.91 Å². The van der Waals surface area contributed by atoms with Crippen LogP contribution in [0.1, 0.15) is 17.4 Å². The molecule has 5 nitrogen and oxygen atoms in total. The number of amides is 1. The van der Waals surface area contributed by atoms with Crippen molar-refractivity contribution in [3.63, 3.8) is 0 Å². The molecule has 1 heterocycles. The van der Waals surface area contributed by atoms with Crippen LogP contribution >= 0.6 is 0 Å². The van der Waals surface area contributed by atoms with Gasteiger partial charge >= 0.3 is 0 Å². The van der Waals surface area contributed by atoms with Gasteiger partial charge in [-0.05, 0) is 6.92 Å². The maximum Gasteiger partial charge on any atom is 0.272 e. The Labute approximate surface area is 69.6 Å². The molecule has 0 bridgehead atoms. The predicted octanol–water partition coefficient (Wildman–Crippen LogP) is -0.0258. The van der Waals surface area contributed by atoms with Crippen molar-refractivity contribution in [2.75, 3.05) is 6.61 Å². The number of hydrogen-bond donors (Lipinski definition) is 1. The molecule has 0 saturated heterocycles. The first-order valence-corrected chi connectivity index (χ1v) is 3.49. The monoisotopic (exact) mass is 167 g/mol. The lowest BCUT2D eigenvalue weighted by atomic mass is 10.4. The zero-order valence-electron chi connectivity index (χ0n) is 6.65. The lowest BCUT2D eigenvalue weighted by Crippen LogP contribution is -2.15. The molecule has 1 rings (SSSR count). The SMILES string of the molecule is CCOc1nccnc1C(N)=O.